The first-order chi connectivity index (χ1) is 9.91. The number of hydrogen-bond acceptors (Lipinski definition) is 3. The Kier molecular flexibility index (Phi) is 4.89. The summed E-state index contributed by atoms with van der Waals surface area (Å²) in [5.41, 5.74) is -0.350. The number of ether oxygens (including phenoxy) is 1. The lowest BCUT2D eigenvalue weighted by Gasteiger charge is -2.13. The van der Waals surface area contributed by atoms with Crippen LogP contribution < -0.4 is 5.32 Å². The number of benzene rings is 1. The second kappa shape index (κ2) is 6.48. The van der Waals surface area contributed by atoms with Crippen molar-refractivity contribution < 1.29 is 17.9 Å². The predicted octanol–water partition coefficient (Wildman–Crippen LogP) is 3.71. The van der Waals surface area contributed by atoms with Crippen LogP contribution in [0, 0.1) is 0 Å². The first-order valence-corrected chi connectivity index (χ1v) is 6.85. The Morgan fingerprint density at radius 2 is 2.10 bits per heavy atom. The normalized spacial score (nSPS) is 11.7. The fourth-order valence-electron chi connectivity index (χ4n) is 1.78. The summed E-state index contributed by atoms with van der Waals surface area (Å²) in [6.45, 7) is 0.979. The van der Waals surface area contributed by atoms with Crippen LogP contribution >= 0.6 is 15.9 Å². The molecule has 1 aromatic heterocycles. The number of nitrogens with one attached hydrogen (secondary N) is 1. The van der Waals surface area contributed by atoms with Gasteiger partial charge in [-0.15, -0.1) is 0 Å². The maximum atomic E-state index is 12.9. The van der Waals surface area contributed by atoms with Gasteiger partial charge in [-0.3, -0.25) is 4.57 Å². The molecule has 114 valence electrons. The highest BCUT2D eigenvalue weighted by atomic mass is 79.9. The van der Waals surface area contributed by atoms with Crippen LogP contribution in [-0.4, -0.2) is 29.8 Å². The predicted molar refractivity (Wildman–Crippen MR) is 76.6 cm³/mol. The van der Waals surface area contributed by atoms with Crippen LogP contribution in [0.1, 0.15) is 5.56 Å². The number of nitrogens with zero attached hydrogens (tertiary/aromatic N) is 2. The van der Waals surface area contributed by atoms with Crippen molar-refractivity contribution in [3.8, 4) is 5.69 Å². The molecule has 1 N–H and O–H groups in total. The zero-order chi connectivity index (χ0) is 15.5. The largest absolute Gasteiger partial charge is 0.416 e. The molecule has 0 saturated heterocycles. The van der Waals surface area contributed by atoms with Crippen LogP contribution in [0.3, 0.4) is 0 Å². The van der Waals surface area contributed by atoms with Gasteiger partial charge in [0, 0.05) is 30.5 Å². The fraction of sp³-hybridized carbons (Fsp3) is 0.308. The van der Waals surface area contributed by atoms with Crippen molar-refractivity contribution in [1.29, 1.82) is 0 Å². The van der Waals surface area contributed by atoms with Gasteiger partial charge in [-0.05, 0) is 18.2 Å². The van der Waals surface area contributed by atoms with E-state index < -0.39 is 11.7 Å². The van der Waals surface area contributed by atoms with Gasteiger partial charge >= 0.3 is 6.18 Å². The number of rotatable bonds is 5. The molecule has 8 heteroatoms. The van der Waals surface area contributed by atoms with Crippen molar-refractivity contribution in [1.82, 2.24) is 9.55 Å². The van der Waals surface area contributed by atoms with Gasteiger partial charge in [-0.25, -0.2) is 4.98 Å². The summed E-state index contributed by atoms with van der Waals surface area (Å²) in [5.74, 6) is 0.457. The molecule has 0 aliphatic rings. The molecule has 2 aromatic rings. The van der Waals surface area contributed by atoms with E-state index in [4.69, 9.17) is 4.74 Å². The zero-order valence-electron chi connectivity index (χ0n) is 11.1. The van der Waals surface area contributed by atoms with E-state index in [-0.39, 0.29) is 0 Å². The SMILES string of the molecule is COCCNc1nccn1-c1cc(Br)cc(C(F)(F)F)c1. The smallest absolute Gasteiger partial charge is 0.383 e. The van der Waals surface area contributed by atoms with Gasteiger partial charge in [-0.1, -0.05) is 15.9 Å². The van der Waals surface area contributed by atoms with E-state index in [1.165, 1.54) is 6.20 Å². The van der Waals surface area contributed by atoms with Crippen LogP contribution in [0.2, 0.25) is 0 Å². The van der Waals surface area contributed by atoms with Gasteiger partial charge in [0.05, 0.1) is 17.9 Å². The molecule has 21 heavy (non-hydrogen) atoms. The lowest BCUT2D eigenvalue weighted by molar-refractivity contribution is -0.137. The maximum Gasteiger partial charge on any atom is 0.416 e. The first-order valence-electron chi connectivity index (χ1n) is 6.06. The monoisotopic (exact) mass is 363 g/mol. The molecule has 0 fully saturated rings. The Labute approximate surface area is 128 Å². The summed E-state index contributed by atoms with van der Waals surface area (Å²) < 4.78 is 45.4. The highest BCUT2D eigenvalue weighted by Gasteiger charge is 2.31. The number of anilines is 1. The van der Waals surface area contributed by atoms with Crippen LogP contribution in [0.4, 0.5) is 19.1 Å². The Morgan fingerprint density at radius 3 is 2.76 bits per heavy atom. The number of hydrogen-bond donors (Lipinski definition) is 1. The number of imidazole rings is 1. The molecule has 4 nitrogen and oxygen atoms in total. The van der Waals surface area contributed by atoms with E-state index in [1.807, 2.05) is 0 Å². The Balaban J connectivity index is 2.34. The number of alkyl halides is 3. The molecule has 0 aliphatic carbocycles. The second-order valence-electron chi connectivity index (χ2n) is 4.24. The minimum absolute atomic E-state index is 0.351. The Hall–Kier alpha value is -1.54. The summed E-state index contributed by atoms with van der Waals surface area (Å²) >= 11 is 3.11. The summed E-state index contributed by atoms with van der Waals surface area (Å²) in [6, 6.07) is 3.71. The second-order valence-corrected chi connectivity index (χ2v) is 5.15. The van der Waals surface area contributed by atoms with Crippen LogP contribution in [0.5, 0.6) is 0 Å². The standard InChI is InChI=1S/C13H13BrF3N3O/c1-21-5-3-19-12-18-2-4-20(12)11-7-9(13(15,16)17)6-10(14)8-11/h2,4,6-8H,3,5H2,1H3,(H,18,19). The molecule has 0 unspecified atom stereocenters. The summed E-state index contributed by atoms with van der Waals surface area (Å²) in [5, 5.41) is 3.00. The van der Waals surface area contributed by atoms with Crippen molar-refractivity contribution in [3.05, 3.63) is 40.6 Å². The third kappa shape index (κ3) is 3.98. The molecule has 0 saturated carbocycles. The van der Waals surface area contributed by atoms with E-state index >= 15 is 0 Å². The highest BCUT2D eigenvalue weighted by Crippen LogP contribution is 2.33. The fourth-order valence-corrected chi connectivity index (χ4v) is 2.27. The Bertz CT molecular complexity index is 613. The van der Waals surface area contributed by atoms with Crippen LogP contribution in [-0.2, 0) is 10.9 Å². The van der Waals surface area contributed by atoms with E-state index in [1.54, 1.807) is 23.9 Å². The molecule has 0 bridgehead atoms. The number of aromatic nitrogens is 2. The maximum absolute atomic E-state index is 12.9. The van der Waals surface area contributed by atoms with Gasteiger partial charge in [0.25, 0.3) is 0 Å². The zero-order valence-corrected chi connectivity index (χ0v) is 12.7. The molecule has 1 heterocycles. The average Bonchev–Trinajstić information content (AvgIpc) is 2.86. The molecular weight excluding hydrogens is 351 g/mol. The quantitative estimate of drug-likeness (QED) is 0.823. The topological polar surface area (TPSA) is 39.1 Å². The molecule has 2 rings (SSSR count). The minimum atomic E-state index is -4.40. The molecule has 1 aromatic carbocycles. The van der Waals surface area contributed by atoms with Crippen molar-refractivity contribution in [2.75, 3.05) is 25.6 Å². The Morgan fingerprint density at radius 1 is 1.33 bits per heavy atom. The molecule has 0 spiro atoms. The van der Waals surface area contributed by atoms with Gasteiger partial charge in [0.2, 0.25) is 5.95 Å². The summed E-state index contributed by atoms with van der Waals surface area (Å²) in [6.07, 6.45) is -1.29. The number of methoxy groups -OCH3 is 1. The van der Waals surface area contributed by atoms with E-state index in [2.05, 4.69) is 26.2 Å². The van der Waals surface area contributed by atoms with E-state index in [9.17, 15) is 13.2 Å². The lowest BCUT2D eigenvalue weighted by atomic mass is 10.2. The van der Waals surface area contributed by atoms with Gasteiger partial charge in [0.1, 0.15) is 0 Å². The highest BCUT2D eigenvalue weighted by molar-refractivity contribution is 9.10. The third-order valence-corrected chi connectivity index (χ3v) is 3.18. The lowest BCUT2D eigenvalue weighted by Crippen LogP contribution is -2.12. The van der Waals surface area contributed by atoms with Gasteiger partial charge in [0.15, 0.2) is 0 Å². The van der Waals surface area contributed by atoms with Crippen molar-refractivity contribution in [3.63, 3.8) is 0 Å². The first kappa shape index (κ1) is 15.8. The van der Waals surface area contributed by atoms with Gasteiger partial charge < -0.3 is 10.1 Å². The number of halogens is 4. The molecule has 0 radical (unpaired) electrons. The third-order valence-electron chi connectivity index (χ3n) is 2.72. The molecule has 0 atom stereocenters. The summed E-state index contributed by atoms with van der Waals surface area (Å²) in [7, 11) is 1.57. The van der Waals surface area contributed by atoms with E-state index in [0.717, 1.165) is 12.1 Å². The minimum Gasteiger partial charge on any atom is -0.383 e. The molecule has 0 aliphatic heterocycles. The van der Waals surface area contributed by atoms with Crippen molar-refractivity contribution in [2.24, 2.45) is 0 Å². The van der Waals surface area contributed by atoms with E-state index in [0.29, 0.717) is 29.3 Å². The van der Waals surface area contributed by atoms with Crippen molar-refractivity contribution in [2.45, 2.75) is 6.18 Å². The molecule has 0 amide bonds. The summed E-state index contributed by atoms with van der Waals surface area (Å²) in [4.78, 5) is 4.09. The average molecular weight is 364 g/mol. The molecular formula is C13H13BrF3N3O. The van der Waals surface area contributed by atoms with Crippen LogP contribution in [0.25, 0.3) is 5.69 Å². The van der Waals surface area contributed by atoms with Gasteiger partial charge in [-0.2, -0.15) is 13.2 Å². The van der Waals surface area contributed by atoms with Crippen molar-refractivity contribution >= 4 is 21.9 Å². The van der Waals surface area contributed by atoms with Crippen LogP contribution in [0.15, 0.2) is 35.1 Å².